The molecule has 1 saturated heterocycles. The van der Waals surface area contributed by atoms with Gasteiger partial charge in [-0.25, -0.2) is 0 Å². The van der Waals surface area contributed by atoms with Crippen LogP contribution >= 0.6 is 0 Å². The summed E-state index contributed by atoms with van der Waals surface area (Å²) >= 11 is 0. The fraction of sp³-hybridized carbons (Fsp3) is 0.435. The van der Waals surface area contributed by atoms with E-state index in [0.717, 1.165) is 44.0 Å². The summed E-state index contributed by atoms with van der Waals surface area (Å²) in [5.74, 6) is 1.52. The first-order chi connectivity index (χ1) is 14.1. The van der Waals surface area contributed by atoms with Crippen molar-refractivity contribution < 1.29 is 9.84 Å². The second-order valence-corrected chi connectivity index (χ2v) is 7.43. The summed E-state index contributed by atoms with van der Waals surface area (Å²) < 4.78 is 5.18. The number of aliphatic imine (C=N–C) groups is 1. The number of nitrogens with one attached hydrogen (secondary N) is 2. The third kappa shape index (κ3) is 5.79. The highest BCUT2D eigenvalue weighted by Gasteiger charge is 2.23. The van der Waals surface area contributed by atoms with E-state index >= 15 is 0 Å². The van der Waals surface area contributed by atoms with E-state index in [0.29, 0.717) is 18.3 Å². The molecule has 156 valence electrons. The predicted octanol–water partition coefficient (Wildman–Crippen LogP) is 3.09. The van der Waals surface area contributed by atoms with Gasteiger partial charge in [0.1, 0.15) is 0 Å². The summed E-state index contributed by atoms with van der Waals surface area (Å²) in [7, 11) is 1.56. The zero-order valence-corrected chi connectivity index (χ0v) is 17.6. The average molecular weight is 397 g/mol. The fourth-order valence-electron chi connectivity index (χ4n) is 3.56. The molecule has 2 aromatic rings. The number of hydrogen-bond donors (Lipinski definition) is 3. The number of benzene rings is 2. The molecular weight excluding hydrogens is 364 g/mol. The molecule has 0 spiro atoms. The number of phenols is 1. The highest BCUT2D eigenvalue weighted by molar-refractivity contribution is 5.80. The van der Waals surface area contributed by atoms with Crippen molar-refractivity contribution in [3.63, 3.8) is 0 Å². The molecule has 0 bridgehead atoms. The number of aromatic hydroxyl groups is 1. The molecule has 3 rings (SSSR count). The van der Waals surface area contributed by atoms with Crippen LogP contribution in [0.3, 0.4) is 0 Å². The Morgan fingerprint density at radius 1 is 1.24 bits per heavy atom. The van der Waals surface area contributed by atoms with Crippen LogP contribution in [0.4, 0.5) is 5.69 Å². The van der Waals surface area contributed by atoms with E-state index in [1.165, 1.54) is 11.3 Å². The number of rotatable bonds is 7. The van der Waals surface area contributed by atoms with Gasteiger partial charge < -0.3 is 25.4 Å². The Hall–Kier alpha value is -2.89. The Bertz CT molecular complexity index is 820. The third-order valence-corrected chi connectivity index (χ3v) is 5.19. The quantitative estimate of drug-likeness (QED) is 0.496. The number of guanidine groups is 1. The number of aryl methyl sites for hydroxylation is 1. The van der Waals surface area contributed by atoms with E-state index in [1.54, 1.807) is 13.2 Å². The summed E-state index contributed by atoms with van der Waals surface area (Å²) in [6.07, 6.45) is 1.88. The van der Waals surface area contributed by atoms with Crippen LogP contribution in [0.5, 0.6) is 11.5 Å². The van der Waals surface area contributed by atoms with Crippen molar-refractivity contribution in [3.05, 3.63) is 53.6 Å². The first-order valence-electron chi connectivity index (χ1n) is 10.3. The molecule has 0 amide bonds. The van der Waals surface area contributed by atoms with Crippen LogP contribution < -0.4 is 20.3 Å². The molecule has 6 heteroatoms. The second-order valence-electron chi connectivity index (χ2n) is 7.43. The van der Waals surface area contributed by atoms with E-state index in [2.05, 4.69) is 53.6 Å². The molecule has 0 aliphatic carbocycles. The molecule has 1 fully saturated rings. The van der Waals surface area contributed by atoms with Crippen molar-refractivity contribution in [2.45, 2.75) is 32.7 Å². The van der Waals surface area contributed by atoms with Gasteiger partial charge in [-0.15, -0.1) is 0 Å². The van der Waals surface area contributed by atoms with Gasteiger partial charge in [-0.3, -0.25) is 4.99 Å². The van der Waals surface area contributed by atoms with Crippen LogP contribution in [0.1, 0.15) is 24.5 Å². The minimum absolute atomic E-state index is 0.161. The Morgan fingerprint density at radius 2 is 2.03 bits per heavy atom. The van der Waals surface area contributed by atoms with Gasteiger partial charge in [-0.2, -0.15) is 0 Å². The third-order valence-electron chi connectivity index (χ3n) is 5.19. The Labute approximate surface area is 173 Å². The van der Waals surface area contributed by atoms with Crippen molar-refractivity contribution in [1.29, 1.82) is 0 Å². The number of methoxy groups -OCH3 is 1. The van der Waals surface area contributed by atoms with E-state index in [4.69, 9.17) is 9.73 Å². The molecule has 1 unspecified atom stereocenters. The molecule has 1 aliphatic rings. The monoisotopic (exact) mass is 396 g/mol. The topological polar surface area (TPSA) is 69.1 Å². The number of hydrogen-bond acceptors (Lipinski definition) is 4. The molecule has 1 aliphatic heterocycles. The summed E-state index contributed by atoms with van der Waals surface area (Å²) in [4.78, 5) is 7.15. The molecule has 29 heavy (non-hydrogen) atoms. The first-order valence-corrected chi connectivity index (χ1v) is 10.3. The van der Waals surface area contributed by atoms with Gasteiger partial charge in [-0.1, -0.05) is 23.8 Å². The number of ether oxygens (including phenoxy) is 1. The van der Waals surface area contributed by atoms with Crippen molar-refractivity contribution >= 4 is 11.6 Å². The second kappa shape index (κ2) is 10.0. The van der Waals surface area contributed by atoms with Gasteiger partial charge in [-0.05, 0) is 56.5 Å². The molecule has 2 aromatic carbocycles. The Kier molecular flexibility index (Phi) is 7.22. The van der Waals surface area contributed by atoms with Gasteiger partial charge in [0.15, 0.2) is 17.5 Å². The minimum atomic E-state index is 0.161. The fourth-order valence-corrected chi connectivity index (χ4v) is 3.56. The Balaban J connectivity index is 1.55. The van der Waals surface area contributed by atoms with Gasteiger partial charge in [0.05, 0.1) is 7.11 Å². The number of phenolic OH excluding ortho intramolecular Hbond substituents is 1. The molecule has 0 saturated carbocycles. The predicted molar refractivity (Wildman–Crippen MR) is 119 cm³/mol. The van der Waals surface area contributed by atoms with Crippen LogP contribution in [0, 0.1) is 6.92 Å². The summed E-state index contributed by atoms with van der Waals surface area (Å²) in [5, 5.41) is 16.6. The SMILES string of the molecule is CCNC(=NCCc1ccc(O)c(OC)c1)NC1CCN(c2ccc(C)cc2)C1. The van der Waals surface area contributed by atoms with Crippen LogP contribution in [0.25, 0.3) is 0 Å². The molecule has 3 N–H and O–H groups in total. The lowest BCUT2D eigenvalue weighted by Crippen LogP contribution is -2.44. The summed E-state index contributed by atoms with van der Waals surface area (Å²) in [6.45, 7) is 7.71. The van der Waals surface area contributed by atoms with Gasteiger partial charge >= 0.3 is 0 Å². The minimum Gasteiger partial charge on any atom is -0.504 e. The van der Waals surface area contributed by atoms with E-state index in [1.807, 2.05) is 12.1 Å². The largest absolute Gasteiger partial charge is 0.504 e. The highest BCUT2D eigenvalue weighted by atomic mass is 16.5. The van der Waals surface area contributed by atoms with Crippen molar-refractivity contribution in [1.82, 2.24) is 10.6 Å². The van der Waals surface area contributed by atoms with Crippen LogP contribution in [0.2, 0.25) is 0 Å². The molecule has 0 aromatic heterocycles. The van der Waals surface area contributed by atoms with Crippen molar-refractivity contribution in [3.8, 4) is 11.5 Å². The van der Waals surface area contributed by atoms with Gasteiger partial charge in [0, 0.05) is 37.9 Å². The lowest BCUT2D eigenvalue weighted by atomic mass is 10.1. The lowest BCUT2D eigenvalue weighted by Gasteiger charge is -2.20. The number of anilines is 1. The first kappa shape index (κ1) is 20.8. The van der Waals surface area contributed by atoms with Crippen molar-refractivity contribution in [2.75, 3.05) is 38.2 Å². The molecular formula is C23H32N4O2. The average Bonchev–Trinajstić information content (AvgIpc) is 3.18. The van der Waals surface area contributed by atoms with Crippen LogP contribution in [0.15, 0.2) is 47.5 Å². The highest BCUT2D eigenvalue weighted by Crippen LogP contribution is 2.26. The lowest BCUT2D eigenvalue weighted by molar-refractivity contribution is 0.373. The maximum Gasteiger partial charge on any atom is 0.191 e. The Morgan fingerprint density at radius 3 is 2.76 bits per heavy atom. The van der Waals surface area contributed by atoms with E-state index in [-0.39, 0.29) is 5.75 Å². The molecule has 1 heterocycles. The maximum absolute atomic E-state index is 9.72. The standard InChI is InChI=1S/C23H32N4O2/c1-4-24-23(25-13-11-18-7-10-21(28)22(15-18)29-3)26-19-12-14-27(16-19)20-8-5-17(2)6-9-20/h5-10,15,19,28H,4,11-14,16H2,1-3H3,(H2,24,25,26). The van der Waals surface area contributed by atoms with Gasteiger partial charge in [0.2, 0.25) is 0 Å². The zero-order valence-electron chi connectivity index (χ0n) is 17.6. The van der Waals surface area contributed by atoms with Crippen molar-refractivity contribution in [2.24, 2.45) is 4.99 Å². The van der Waals surface area contributed by atoms with E-state index in [9.17, 15) is 5.11 Å². The number of nitrogens with zero attached hydrogens (tertiary/aromatic N) is 2. The maximum atomic E-state index is 9.72. The van der Waals surface area contributed by atoms with Gasteiger partial charge in [0.25, 0.3) is 0 Å². The smallest absolute Gasteiger partial charge is 0.191 e. The van der Waals surface area contributed by atoms with E-state index < -0.39 is 0 Å². The van der Waals surface area contributed by atoms with Crippen LogP contribution in [-0.4, -0.2) is 50.4 Å². The normalized spacial score (nSPS) is 16.7. The molecule has 6 nitrogen and oxygen atoms in total. The summed E-state index contributed by atoms with van der Waals surface area (Å²) in [6, 6.07) is 14.5. The zero-order chi connectivity index (χ0) is 20.6. The summed E-state index contributed by atoms with van der Waals surface area (Å²) in [5.41, 5.74) is 3.66. The van der Waals surface area contributed by atoms with Crippen LogP contribution in [-0.2, 0) is 6.42 Å². The molecule has 1 atom stereocenters. The molecule has 0 radical (unpaired) electrons.